The zero-order valence-electron chi connectivity index (χ0n) is 14.2. The molecule has 0 fully saturated rings. The van der Waals surface area contributed by atoms with E-state index in [0.717, 1.165) is 12.0 Å². The van der Waals surface area contributed by atoms with Gasteiger partial charge in [-0.05, 0) is 43.7 Å². The third-order valence-electron chi connectivity index (χ3n) is 4.07. The van der Waals surface area contributed by atoms with Gasteiger partial charge in [0.25, 0.3) is 5.91 Å². The van der Waals surface area contributed by atoms with E-state index in [1.165, 1.54) is 12.1 Å². The molecule has 0 spiro atoms. The van der Waals surface area contributed by atoms with Crippen molar-refractivity contribution in [2.75, 3.05) is 0 Å². The first-order chi connectivity index (χ1) is 12.1. The Morgan fingerprint density at radius 3 is 2.48 bits per heavy atom. The molecule has 1 aromatic heterocycles. The third kappa shape index (κ3) is 3.76. The molecule has 1 amide bonds. The van der Waals surface area contributed by atoms with Crippen LogP contribution in [-0.4, -0.2) is 21.7 Å². The number of carbonyl (C=O) groups excluding carboxylic acids is 1. The molecule has 0 saturated heterocycles. The topological polar surface area (TPSA) is 46.9 Å². The van der Waals surface area contributed by atoms with Gasteiger partial charge in [0.2, 0.25) is 0 Å². The van der Waals surface area contributed by atoms with Crippen LogP contribution in [-0.2, 0) is 0 Å². The van der Waals surface area contributed by atoms with Crippen LogP contribution in [0.5, 0.6) is 0 Å². The van der Waals surface area contributed by atoms with Crippen molar-refractivity contribution in [1.82, 2.24) is 15.1 Å². The molecule has 1 atom stereocenters. The second-order valence-corrected chi connectivity index (χ2v) is 5.95. The first kappa shape index (κ1) is 16.9. The Morgan fingerprint density at radius 1 is 1.16 bits per heavy atom. The van der Waals surface area contributed by atoms with Crippen LogP contribution in [0.1, 0.15) is 30.8 Å². The van der Waals surface area contributed by atoms with Gasteiger partial charge in [-0.3, -0.25) is 4.79 Å². The summed E-state index contributed by atoms with van der Waals surface area (Å²) in [5.74, 6) is -0.529. The number of nitrogens with one attached hydrogen (secondary N) is 1. The van der Waals surface area contributed by atoms with Gasteiger partial charge >= 0.3 is 0 Å². The van der Waals surface area contributed by atoms with Gasteiger partial charge in [0.15, 0.2) is 0 Å². The number of nitrogens with zero attached hydrogens (tertiary/aromatic N) is 2. The van der Waals surface area contributed by atoms with Crippen LogP contribution in [0, 0.1) is 5.82 Å². The number of rotatable bonds is 5. The number of amides is 1. The Hall–Kier alpha value is -2.95. The van der Waals surface area contributed by atoms with Gasteiger partial charge in [-0.2, -0.15) is 5.10 Å². The average Bonchev–Trinajstić information content (AvgIpc) is 3.08. The molecule has 128 valence electrons. The Kier molecular flexibility index (Phi) is 4.93. The fourth-order valence-electron chi connectivity index (χ4n) is 2.47. The smallest absolute Gasteiger partial charge is 0.270 e. The number of hydrogen-bond donors (Lipinski definition) is 1. The van der Waals surface area contributed by atoms with Crippen LogP contribution in [0.3, 0.4) is 0 Å². The molecule has 0 bridgehead atoms. The van der Waals surface area contributed by atoms with Gasteiger partial charge in [-0.25, -0.2) is 9.07 Å². The minimum absolute atomic E-state index is 0.0595. The monoisotopic (exact) mass is 337 g/mol. The highest BCUT2D eigenvalue weighted by Gasteiger charge is 2.18. The van der Waals surface area contributed by atoms with Crippen molar-refractivity contribution in [3.8, 4) is 16.9 Å². The zero-order chi connectivity index (χ0) is 17.8. The minimum atomic E-state index is -0.329. The number of benzene rings is 2. The summed E-state index contributed by atoms with van der Waals surface area (Å²) in [5, 5.41) is 7.53. The van der Waals surface area contributed by atoms with E-state index in [1.54, 1.807) is 22.9 Å². The molecular weight excluding hydrogens is 317 g/mol. The molecule has 0 unspecified atom stereocenters. The summed E-state index contributed by atoms with van der Waals surface area (Å²) in [4.78, 5) is 12.7. The Labute approximate surface area is 146 Å². The van der Waals surface area contributed by atoms with Gasteiger partial charge in [0, 0.05) is 11.6 Å². The van der Waals surface area contributed by atoms with Crippen molar-refractivity contribution in [2.45, 2.75) is 26.3 Å². The number of aromatic nitrogens is 2. The quantitative estimate of drug-likeness (QED) is 0.758. The fraction of sp³-hybridized carbons (Fsp3) is 0.200. The first-order valence-corrected chi connectivity index (χ1v) is 8.30. The minimum Gasteiger partial charge on any atom is -0.348 e. The van der Waals surface area contributed by atoms with Crippen LogP contribution in [0.25, 0.3) is 16.9 Å². The predicted molar refractivity (Wildman–Crippen MR) is 96.2 cm³/mol. The number of halogens is 1. The first-order valence-electron chi connectivity index (χ1n) is 8.30. The maximum atomic E-state index is 13.2. The van der Waals surface area contributed by atoms with E-state index in [1.807, 2.05) is 44.2 Å². The van der Waals surface area contributed by atoms with Crippen molar-refractivity contribution in [2.24, 2.45) is 0 Å². The standard InChI is InChI=1S/C20H20FN3O/c1-3-14(2)22-20(25)19-13-18(15-7-5-4-6-8-15)23-24(19)17-11-9-16(21)10-12-17/h4-14H,3H2,1-2H3,(H,22,25)/t14-/m1/s1. The highest BCUT2D eigenvalue weighted by Crippen LogP contribution is 2.22. The van der Waals surface area contributed by atoms with Gasteiger partial charge in [0.05, 0.1) is 11.4 Å². The van der Waals surface area contributed by atoms with Gasteiger partial charge in [-0.1, -0.05) is 37.3 Å². The molecular formula is C20H20FN3O. The van der Waals surface area contributed by atoms with Gasteiger partial charge in [0.1, 0.15) is 11.5 Å². The predicted octanol–water partition coefficient (Wildman–Crippen LogP) is 4.21. The van der Waals surface area contributed by atoms with E-state index in [9.17, 15) is 9.18 Å². The van der Waals surface area contributed by atoms with Crippen molar-refractivity contribution >= 4 is 5.91 Å². The molecule has 4 nitrogen and oxygen atoms in total. The van der Waals surface area contributed by atoms with Crippen LogP contribution < -0.4 is 5.32 Å². The van der Waals surface area contributed by atoms with Crippen molar-refractivity contribution in [3.63, 3.8) is 0 Å². The molecule has 5 heteroatoms. The van der Waals surface area contributed by atoms with E-state index in [2.05, 4.69) is 10.4 Å². The van der Waals surface area contributed by atoms with Gasteiger partial charge < -0.3 is 5.32 Å². The van der Waals surface area contributed by atoms with Crippen LogP contribution >= 0.6 is 0 Å². The molecule has 0 aliphatic heterocycles. The van der Waals surface area contributed by atoms with Crippen molar-refractivity contribution in [1.29, 1.82) is 0 Å². The van der Waals surface area contributed by atoms with E-state index >= 15 is 0 Å². The largest absolute Gasteiger partial charge is 0.348 e. The van der Waals surface area contributed by atoms with Crippen molar-refractivity contribution in [3.05, 3.63) is 72.2 Å². The summed E-state index contributed by atoms with van der Waals surface area (Å²) >= 11 is 0. The van der Waals surface area contributed by atoms with E-state index in [4.69, 9.17) is 0 Å². The van der Waals surface area contributed by atoms with Crippen LogP contribution in [0.4, 0.5) is 4.39 Å². The summed E-state index contributed by atoms with van der Waals surface area (Å²) < 4.78 is 14.8. The summed E-state index contributed by atoms with van der Waals surface area (Å²) in [6.45, 7) is 3.96. The van der Waals surface area contributed by atoms with E-state index < -0.39 is 0 Å². The molecule has 3 rings (SSSR count). The summed E-state index contributed by atoms with van der Waals surface area (Å²) in [6.07, 6.45) is 0.835. The molecule has 1 heterocycles. The zero-order valence-corrected chi connectivity index (χ0v) is 14.2. The SMILES string of the molecule is CC[C@@H](C)NC(=O)c1cc(-c2ccccc2)nn1-c1ccc(F)cc1. The average molecular weight is 337 g/mol. The molecule has 0 saturated carbocycles. The maximum absolute atomic E-state index is 13.2. The molecule has 1 N–H and O–H groups in total. The van der Waals surface area contributed by atoms with Crippen LogP contribution in [0.2, 0.25) is 0 Å². The van der Waals surface area contributed by atoms with E-state index in [0.29, 0.717) is 17.1 Å². The molecule has 0 aliphatic carbocycles. The lowest BCUT2D eigenvalue weighted by molar-refractivity contribution is 0.0931. The van der Waals surface area contributed by atoms with Gasteiger partial charge in [-0.15, -0.1) is 0 Å². The Morgan fingerprint density at radius 2 is 1.84 bits per heavy atom. The van der Waals surface area contributed by atoms with Crippen molar-refractivity contribution < 1.29 is 9.18 Å². The van der Waals surface area contributed by atoms with E-state index in [-0.39, 0.29) is 17.8 Å². The maximum Gasteiger partial charge on any atom is 0.270 e. The summed E-state index contributed by atoms with van der Waals surface area (Å²) in [6, 6.07) is 17.4. The lowest BCUT2D eigenvalue weighted by Gasteiger charge is -2.12. The number of hydrogen-bond acceptors (Lipinski definition) is 2. The second-order valence-electron chi connectivity index (χ2n) is 5.95. The third-order valence-corrected chi connectivity index (χ3v) is 4.07. The molecule has 25 heavy (non-hydrogen) atoms. The highest BCUT2D eigenvalue weighted by molar-refractivity contribution is 5.94. The summed E-state index contributed by atoms with van der Waals surface area (Å²) in [5.41, 5.74) is 2.67. The molecule has 0 radical (unpaired) electrons. The molecule has 0 aliphatic rings. The van der Waals surface area contributed by atoms with Crippen LogP contribution in [0.15, 0.2) is 60.7 Å². The molecule has 2 aromatic carbocycles. The highest BCUT2D eigenvalue weighted by atomic mass is 19.1. The normalized spacial score (nSPS) is 12.0. The Bertz CT molecular complexity index is 856. The second kappa shape index (κ2) is 7.30. The lowest BCUT2D eigenvalue weighted by Crippen LogP contribution is -2.33. The number of carbonyl (C=O) groups is 1. The lowest BCUT2D eigenvalue weighted by atomic mass is 10.1. The Balaban J connectivity index is 2.06. The summed E-state index contributed by atoms with van der Waals surface area (Å²) in [7, 11) is 0. The fourth-order valence-corrected chi connectivity index (χ4v) is 2.47. The molecule has 3 aromatic rings.